The second-order valence-electron chi connectivity index (χ2n) is 4.77. The van der Waals surface area contributed by atoms with Crippen LogP contribution in [0.4, 0.5) is 16.2 Å². The molecule has 20 heavy (non-hydrogen) atoms. The summed E-state index contributed by atoms with van der Waals surface area (Å²) in [6.07, 6.45) is 0. The number of rotatable bonds is 4. The highest BCUT2D eigenvalue weighted by Gasteiger charge is 2.28. The van der Waals surface area contributed by atoms with E-state index in [-0.39, 0.29) is 24.2 Å². The van der Waals surface area contributed by atoms with Gasteiger partial charge in [0.1, 0.15) is 0 Å². The Morgan fingerprint density at radius 3 is 2.40 bits per heavy atom. The van der Waals surface area contributed by atoms with Gasteiger partial charge in [-0.2, -0.15) is 0 Å². The molecule has 0 bridgehead atoms. The van der Waals surface area contributed by atoms with Crippen LogP contribution in [0, 0.1) is 11.8 Å². The second kappa shape index (κ2) is 7.12. The quantitative estimate of drug-likeness (QED) is 0.676. The number of carbonyl (C=O) groups excluding carboxylic acids is 2. The Labute approximate surface area is 123 Å². The maximum absolute atomic E-state index is 12.0. The van der Waals surface area contributed by atoms with Crippen LogP contribution in [0.5, 0.6) is 0 Å². The van der Waals surface area contributed by atoms with Crippen molar-refractivity contribution >= 4 is 35.7 Å². The number of hydrogen-bond donors (Lipinski definition) is 4. The minimum Gasteiger partial charge on any atom is -0.351 e. The van der Waals surface area contributed by atoms with Crippen molar-refractivity contribution in [2.45, 2.75) is 6.92 Å². The highest BCUT2D eigenvalue weighted by atomic mass is 35.5. The average molecular weight is 299 g/mol. The fourth-order valence-corrected chi connectivity index (χ4v) is 1.95. The molecule has 0 spiro atoms. The lowest BCUT2D eigenvalue weighted by Crippen LogP contribution is -2.48. The lowest BCUT2D eigenvalue weighted by atomic mass is 9.88. The molecule has 0 radical (unpaired) electrons. The number of nitrogens with one attached hydrogen (secondary N) is 3. The number of nitrogens with two attached hydrogens (primary N) is 1. The van der Waals surface area contributed by atoms with E-state index in [1.807, 2.05) is 6.92 Å². The Bertz CT molecular complexity index is 491. The number of hydrogen-bond acceptors (Lipinski definition) is 3. The first-order valence-corrected chi connectivity index (χ1v) is 6.24. The van der Waals surface area contributed by atoms with Crippen molar-refractivity contribution in [2.24, 2.45) is 17.6 Å². The molecule has 6 nitrogen and oxygen atoms in total. The summed E-state index contributed by atoms with van der Waals surface area (Å²) >= 11 is 0. The second-order valence-corrected chi connectivity index (χ2v) is 4.77. The van der Waals surface area contributed by atoms with Gasteiger partial charge >= 0.3 is 6.03 Å². The van der Waals surface area contributed by atoms with Crippen molar-refractivity contribution < 1.29 is 9.59 Å². The van der Waals surface area contributed by atoms with Gasteiger partial charge in [0, 0.05) is 17.3 Å². The van der Waals surface area contributed by atoms with E-state index in [0.717, 1.165) is 13.1 Å². The Kier molecular flexibility index (Phi) is 5.79. The molecule has 1 aromatic carbocycles. The van der Waals surface area contributed by atoms with Crippen molar-refractivity contribution in [3.05, 3.63) is 24.3 Å². The van der Waals surface area contributed by atoms with Gasteiger partial charge in [-0.25, -0.2) is 4.79 Å². The number of primary amides is 1. The number of carbonyl (C=O) groups is 2. The third-order valence-corrected chi connectivity index (χ3v) is 3.33. The van der Waals surface area contributed by atoms with Gasteiger partial charge in [-0.15, -0.1) is 12.4 Å². The van der Waals surface area contributed by atoms with Crippen molar-refractivity contribution in [3.63, 3.8) is 0 Å². The molecule has 5 N–H and O–H groups in total. The fourth-order valence-electron chi connectivity index (χ4n) is 1.95. The van der Waals surface area contributed by atoms with Gasteiger partial charge in [0.15, 0.2) is 0 Å². The zero-order valence-electron chi connectivity index (χ0n) is 11.2. The molecule has 0 aromatic heterocycles. The molecule has 0 saturated carbocycles. The molecule has 1 heterocycles. The van der Waals surface area contributed by atoms with E-state index in [1.54, 1.807) is 24.3 Å². The molecule has 3 amide bonds. The van der Waals surface area contributed by atoms with Gasteiger partial charge in [0.25, 0.3) is 0 Å². The summed E-state index contributed by atoms with van der Waals surface area (Å²) in [5.74, 6) is 0.351. The molecule has 1 fully saturated rings. The molecule has 1 unspecified atom stereocenters. The largest absolute Gasteiger partial charge is 0.351 e. The summed E-state index contributed by atoms with van der Waals surface area (Å²) in [6.45, 7) is 3.70. The zero-order valence-corrected chi connectivity index (χ0v) is 12.0. The molecule has 1 aliphatic heterocycles. The molecule has 1 aromatic rings. The van der Waals surface area contributed by atoms with Crippen LogP contribution in [0.25, 0.3) is 0 Å². The summed E-state index contributed by atoms with van der Waals surface area (Å²) in [5.41, 5.74) is 6.25. The first-order valence-electron chi connectivity index (χ1n) is 6.24. The van der Waals surface area contributed by atoms with Crippen molar-refractivity contribution in [3.8, 4) is 0 Å². The minimum absolute atomic E-state index is 0. The van der Waals surface area contributed by atoms with Crippen LogP contribution in [0.1, 0.15) is 6.92 Å². The van der Waals surface area contributed by atoms with Crippen molar-refractivity contribution in [1.29, 1.82) is 0 Å². The molecular formula is C13H19ClN4O2. The van der Waals surface area contributed by atoms with Crippen LogP contribution in [0.2, 0.25) is 0 Å². The summed E-state index contributed by atoms with van der Waals surface area (Å²) in [7, 11) is 0. The number of benzene rings is 1. The van der Waals surface area contributed by atoms with Crippen LogP contribution in [0.3, 0.4) is 0 Å². The number of halogens is 1. The summed E-state index contributed by atoms with van der Waals surface area (Å²) in [4.78, 5) is 22.8. The van der Waals surface area contributed by atoms with Crippen LogP contribution in [-0.4, -0.2) is 25.0 Å². The Morgan fingerprint density at radius 2 is 1.90 bits per heavy atom. The smallest absolute Gasteiger partial charge is 0.316 e. The van der Waals surface area contributed by atoms with Gasteiger partial charge in [0.2, 0.25) is 5.91 Å². The predicted octanol–water partition coefficient (Wildman–Crippen LogP) is 1.39. The first kappa shape index (κ1) is 16.3. The highest BCUT2D eigenvalue weighted by molar-refractivity contribution is 5.94. The van der Waals surface area contributed by atoms with E-state index >= 15 is 0 Å². The number of anilines is 2. The molecule has 110 valence electrons. The average Bonchev–Trinajstić information content (AvgIpc) is 2.26. The Balaban J connectivity index is 0.00000200. The molecular weight excluding hydrogens is 280 g/mol. The maximum Gasteiger partial charge on any atom is 0.316 e. The maximum atomic E-state index is 12.0. The van der Waals surface area contributed by atoms with Gasteiger partial charge in [0.05, 0.1) is 0 Å². The van der Waals surface area contributed by atoms with Crippen LogP contribution < -0.4 is 21.7 Å². The molecule has 1 atom stereocenters. The van der Waals surface area contributed by atoms with Crippen LogP contribution in [0.15, 0.2) is 24.3 Å². The molecule has 7 heteroatoms. The number of amides is 3. The van der Waals surface area contributed by atoms with E-state index in [1.165, 1.54) is 0 Å². The zero-order chi connectivity index (χ0) is 13.8. The summed E-state index contributed by atoms with van der Waals surface area (Å²) in [5, 5.41) is 8.47. The lowest BCUT2D eigenvalue weighted by molar-refractivity contribution is -0.121. The van der Waals surface area contributed by atoms with Crippen molar-refractivity contribution in [1.82, 2.24) is 5.32 Å². The van der Waals surface area contributed by atoms with E-state index in [9.17, 15) is 9.59 Å². The highest BCUT2D eigenvalue weighted by Crippen LogP contribution is 2.20. The molecule has 2 rings (SSSR count). The first-order chi connectivity index (χ1) is 9.06. The lowest BCUT2D eigenvalue weighted by Gasteiger charge is -2.31. The minimum atomic E-state index is -0.627. The summed E-state index contributed by atoms with van der Waals surface area (Å²) < 4.78 is 0. The SMILES string of the molecule is CC(C(=O)Nc1cccc(NC(N)=O)c1)C1CNC1.Cl. The van der Waals surface area contributed by atoms with Gasteiger partial charge < -0.3 is 21.7 Å². The third-order valence-electron chi connectivity index (χ3n) is 3.33. The van der Waals surface area contributed by atoms with Gasteiger partial charge in [-0.05, 0) is 37.2 Å². The fraction of sp³-hybridized carbons (Fsp3) is 0.385. The Morgan fingerprint density at radius 1 is 1.30 bits per heavy atom. The monoisotopic (exact) mass is 298 g/mol. The normalized spacial score (nSPS) is 15.4. The van der Waals surface area contributed by atoms with E-state index in [2.05, 4.69) is 16.0 Å². The van der Waals surface area contributed by atoms with E-state index in [4.69, 9.17) is 5.73 Å². The van der Waals surface area contributed by atoms with Crippen LogP contribution >= 0.6 is 12.4 Å². The van der Waals surface area contributed by atoms with E-state index < -0.39 is 6.03 Å². The Hall–Kier alpha value is -1.79. The number of urea groups is 1. The standard InChI is InChI=1S/C13H18N4O2.ClH/c1-8(9-6-15-7-9)12(18)16-10-3-2-4-11(5-10)17-13(14)19;/h2-5,8-9,15H,6-7H2,1H3,(H,16,18)(H3,14,17,19);1H. The van der Waals surface area contributed by atoms with Crippen LogP contribution in [-0.2, 0) is 4.79 Å². The van der Waals surface area contributed by atoms with Gasteiger partial charge in [-0.1, -0.05) is 13.0 Å². The van der Waals surface area contributed by atoms with Crippen molar-refractivity contribution in [2.75, 3.05) is 23.7 Å². The molecule has 1 aliphatic rings. The molecule has 0 aliphatic carbocycles. The van der Waals surface area contributed by atoms with E-state index in [0.29, 0.717) is 17.3 Å². The third kappa shape index (κ3) is 4.11. The summed E-state index contributed by atoms with van der Waals surface area (Å²) in [6, 6.07) is 6.28. The predicted molar refractivity (Wildman–Crippen MR) is 81.0 cm³/mol. The molecule has 1 saturated heterocycles. The van der Waals surface area contributed by atoms with Gasteiger partial charge in [-0.3, -0.25) is 4.79 Å². The topological polar surface area (TPSA) is 96.2 Å².